The summed E-state index contributed by atoms with van der Waals surface area (Å²) in [7, 11) is 1.80. The fraction of sp³-hybridized carbons (Fsp3) is 0.267. The third-order valence-electron chi connectivity index (χ3n) is 7.47. The summed E-state index contributed by atoms with van der Waals surface area (Å²) in [6, 6.07) is 11.9. The lowest BCUT2D eigenvalue weighted by atomic mass is 9.98. The molecule has 1 amide bonds. The number of hydrogen-bond acceptors (Lipinski definition) is 8. The molecule has 2 bridgehead atoms. The third-order valence-corrected chi connectivity index (χ3v) is 7.88. The van der Waals surface area contributed by atoms with Gasteiger partial charge in [0.25, 0.3) is 5.56 Å². The van der Waals surface area contributed by atoms with Crippen LogP contribution in [0.5, 0.6) is 0 Å². The van der Waals surface area contributed by atoms with Crippen LogP contribution in [0.25, 0.3) is 28.3 Å². The molecular formula is C30H26Cl2F3N9O4. The molecule has 0 saturated carbocycles. The Morgan fingerprint density at radius 1 is 1.08 bits per heavy atom. The maximum Gasteiger partial charge on any atom is 0.490 e. The third kappa shape index (κ3) is 7.55. The number of aromatic nitrogens is 8. The predicted octanol–water partition coefficient (Wildman–Crippen LogP) is 5.57. The highest BCUT2D eigenvalue weighted by Gasteiger charge is 2.38. The normalized spacial score (nSPS) is 16.4. The number of nitrogens with one attached hydrogen (secondary N) is 1. The van der Waals surface area contributed by atoms with Gasteiger partial charge in [-0.05, 0) is 43.2 Å². The van der Waals surface area contributed by atoms with Crippen molar-refractivity contribution in [2.24, 2.45) is 13.0 Å². The van der Waals surface area contributed by atoms with Crippen LogP contribution >= 0.6 is 23.2 Å². The van der Waals surface area contributed by atoms with Gasteiger partial charge in [-0.25, -0.2) is 19.4 Å². The van der Waals surface area contributed by atoms with Gasteiger partial charge in [0, 0.05) is 29.6 Å². The summed E-state index contributed by atoms with van der Waals surface area (Å²) >= 11 is 12.3. The van der Waals surface area contributed by atoms with Crippen LogP contribution < -0.4 is 10.9 Å². The first kappa shape index (κ1) is 34.3. The minimum atomic E-state index is -5.08. The van der Waals surface area contributed by atoms with Crippen LogP contribution in [0.15, 0.2) is 66.0 Å². The van der Waals surface area contributed by atoms with Crippen LogP contribution in [-0.2, 0) is 16.6 Å². The molecule has 18 heteroatoms. The quantitative estimate of drug-likeness (QED) is 0.244. The number of halogens is 5. The van der Waals surface area contributed by atoms with E-state index >= 15 is 0 Å². The van der Waals surface area contributed by atoms with Gasteiger partial charge in [0.05, 0.1) is 53.2 Å². The van der Waals surface area contributed by atoms with Gasteiger partial charge in [-0.15, -0.1) is 5.10 Å². The Labute approximate surface area is 280 Å². The van der Waals surface area contributed by atoms with E-state index < -0.39 is 18.2 Å². The number of amides is 1. The Bertz CT molecular complexity index is 2040. The summed E-state index contributed by atoms with van der Waals surface area (Å²) in [4.78, 5) is 45.1. The Kier molecular flexibility index (Phi) is 9.95. The SMILES string of the molecule is C[C@@H]1CCC[C@H](n2cnc(-c3cc(Cl)ccc3-n3cc(Cl)nn3)cc2=O)c2cccc(n2)-c2c(cnn2C)NC1=O.O=C(O)C(F)(F)F. The van der Waals surface area contributed by atoms with E-state index in [9.17, 15) is 22.8 Å². The van der Waals surface area contributed by atoms with Gasteiger partial charge in [-0.1, -0.05) is 47.8 Å². The van der Waals surface area contributed by atoms with E-state index in [0.29, 0.717) is 64.0 Å². The maximum absolute atomic E-state index is 13.7. The minimum Gasteiger partial charge on any atom is -0.475 e. The number of rotatable bonds is 3. The van der Waals surface area contributed by atoms with Crippen molar-refractivity contribution in [3.05, 3.63) is 87.4 Å². The molecule has 1 aromatic carbocycles. The molecular weight excluding hydrogens is 678 g/mol. The number of pyridine rings is 1. The number of aliphatic carboxylic acids is 1. The molecule has 0 unspecified atom stereocenters. The average molecular weight is 704 g/mol. The molecule has 0 fully saturated rings. The molecule has 13 nitrogen and oxygen atoms in total. The molecule has 48 heavy (non-hydrogen) atoms. The van der Waals surface area contributed by atoms with Crippen LogP contribution in [-0.4, -0.2) is 62.5 Å². The minimum absolute atomic E-state index is 0.0817. The van der Waals surface area contributed by atoms with Crippen LogP contribution in [0.1, 0.15) is 37.9 Å². The molecule has 2 N–H and O–H groups in total. The number of hydrogen-bond donors (Lipinski definition) is 2. The number of nitrogens with zero attached hydrogens (tertiary/aromatic N) is 8. The Morgan fingerprint density at radius 3 is 2.50 bits per heavy atom. The number of carboxylic acids is 1. The zero-order chi connectivity index (χ0) is 34.7. The van der Waals surface area contributed by atoms with E-state index in [1.165, 1.54) is 17.1 Å². The summed E-state index contributed by atoms with van der Waals surface area (Å²) < 4.78 is 36.5. The van der Waals surface area contributed by atoms with E-state index in [-0.39, 0.29) is 22.5 Å². The van der Waals surface area contributed by atoms with E-state index in [4.69, 9.17) is 38.1 Å². The molecule has 5 heterocycles. The maximum atomic E-state index is 13.7. The van der Waals surface area contributed by atoms with Gasteiger partial charge in [0.1, 0.15) is 5.69 Å². The monoisotopic (exact) mass is 703 g/mol. The first-order valence-electron chi connectivity index (χ1n) is 14.3. The van der Waals surface area contributed by atoms with Crippen molar-refractivity contribution in [1.82, 2.24) is 39.3 Å². The Morgan fingerprint density at radius 2 is 1.83 bits per heavy atom. The number of benzene rings is 1. The van der Waals surface area contributed by atoms with Crippen LogP contribution in [0.2, 0.25) is 10.2 Å². The lowest BCUT2D eigenvalue weighted by Gasteiger charge is -2.22. The Balaban J connectivity index is 0.000000582. The first-order valence-corrected chi connectivity index (χ1v) is 15.0. The first-order chi connectivity index (χ1) is 22.7. The number of anilines is 1. The van der Waals surface area contributed by atoms with E-state index in [1.54, 1.807) is 46.9 Å². The summed E-state index contributed by atoms with van der Waals surface area (Å²) in [6.07, 6.45) is 1.57. The van der Waals surface area contributed by atoms with Crippen molar-refractivity contribution in [3.8, 4) is 28.3 Å². The fourth-order valence-corrected chi connectivity index (χ4v) is 5.40. The van der Waals surface area contributed by atoms with Crippen molar-refractivity contribution in [2.45, 2.75) is 38.4 Å². The van der Waals surface area contributed by atoms with E-state index in [0.717, 1.165) is 0 Å². The average Bonchev–Trinajstić information content (AvgIpc) is 3.63. The second-order valence-electron chi connectivity index (χ2n) is 10.8. The van der Waals surface area contributed by atoms with Gasteiger partial charge in [-0.2, -0.15) is 18.3 Å². The van der Waals surface area contributed by atoms with Gasteiger partial charge in [-0.3, -0.25) is 18.8 Å². The number of carbonyl (C=O) groups is 2. The predicted molar refractivity (Wildman–Crippen MR) is 169 cm³/mol. The molecule has 4 aromatic heterocycles. The summed E-state index contributed by atoms with van der Waals surface area (Å²) in [6.45, 7) is 1.90. The number of fused-ring (bicyclic) bond motifs is 4. The molecule has 0 saturated heterocycles. The second kappa shape index (κ2) is 13.9. The summed E-state index contributed by atoms with van der Waals surface area (Å²) in [5, 5.41) is 23.1. The van der Waals surface area contributed by atoms with Crippen molar-refractivity contribution < 1.29 is 27.9 Å². The summed E-state index contributed by atoms with van der Waals surface area (Å²) in [5.41, 5.74) is 4.04. The van der Waals surface area contributed by atoms with Crippen LogP contribution in [0.4, 0.5) is 18.9 Å². The number of carboxylic acid groups (broad SMARTS) is 1. The van der Waals surface area contributed by atoms with Crippen molar-refractivity contribution >= 4 is 40.8 Å². The van der Waals surface area contributed by atoms with Crippen molar-refractivity contribution in [2.75, 3.05) is 5.32 Å². The lowest BCUT2D eigenvalue weighted by Crippen LogP contribution is -2.27. The number of alkyl halides is 3. The number of carbonyl (C=O) groups excluding carboxylic acids is 1. The van der Waals surface area contributed by atoms with Gasteiger partial charge >= 0.3 is 12.1 Å². The van der Waals surface area contributed by atoms with Crippen molar-refractivity contribution in [3.63, 3.8) is 0 Å². The molecule has 250 valence electrons. The highest BCUT2D eigenvalue weighted by molar-refractivity contribution is 6.31. The fourth-order valence-electron chi connectivity index (χ4n) is 5.10. The molecule has 0 aliphatic carbocycles. The van der Waals surface area contributed by atoms with Gasteiger partial charge in [0.15, 0.2) is 5.15 Å². The molecule has 6 rings (SSSR count). The van der Waals surface area contributed by atoms with E-state index in [2.05, 4.69) is 25.7 Å². The highest BCUT2D eigenvalue weighted by Crippen LogP contribution is 2.32. The molecule has 1 aliphatic heterocycles. The molecule has 1 aliphatic rings. The highest BCUT2D eigenvalue weighted by atomic mass is 35.5. The zero-order valence-corrected chi connectivity index (χ0v) is 26.7. The smallest absolute Gasteiger partial charge is 0.475 e. The lowest BCUT2D eigenvalue weighted by molar-refractivity contribution is -0.192. The molecule has 2 atom stereocenters. The molecule has 5 aromatic rings. The second-order valence-corrected chi connectivity index (χ2v) is 11.6. The van der Waals surface area contributed by atoms with Crippen LogP contribution in [0.3, 0.4) is 0 Å². The van der Waals surface area contributed by atoms with Crippen molar-refractivity contribution in [1.29, 1.82) is 0 Å². The summed E-state index contributed by atoms with van der Waals surface area (Å²) in [5.74, 6) is -3.06. The largest absolute Gasteiger partial charge is 0.490 e. The van der Waals surface area contributed by atoms with Gasteiger partial charge in [0.2, 0.25) is 5.91 Å². The number of aryl methyl sites for hydroxylation is 1. The Hall–Kier alpha value is -5.09. The van der Waals surface area contributed by atoms with Crippen LogP contribution in [0, 0.1) is 5.92 Å². The molecule has 0 spiro atoms. The zero-order valence-electron chi connectivity index (χ0n) is 25.2. The standard InChI is InChI=1S/C28H25Cl2N9O2.C2HF3O2/c1-16-5-3-8-24(19-6-4-7-20(33-19)27-22(34-28(16)41)13-32-37(27)2)38-15-31-21(12-26(38)40)18-11-17(29)9-10-23(18)39-14-25(30)35-36-39;3-2(4,5)1(6)7/h4,6-7,9-16,24H,3,5,8H2,1-2H3,(H,34,41);(H,6,7)/t16-,24+;/m1./s1. The molecule has 0 radical (unpaired) electrons. The topological polar surface area (TPSA) is 163 Å². The van der Waals surface area contributed by atoms with E-state index in [1.807, 2.05) is 25.1 Å². The van der Waals surface area contributed by atoms with Gasteiger partial charge < -0.3 is 10.4 Å².